The molecule has 4 N–H and O–H groups in total. The molecule has 2 rings (SSSR count). The predicted molar refractivity (Wildman–Crippen MR) is 87.6 cm³/mol. The van der Waals surface area contributed by atoms with Gasteiger partial charge in [-0.25, -0.2) is 0 Å². The van der Waals surface area contributed by atoms with Crippen molar-refractivity contribution in [3.63, 3.8) is 0 Å². The molecule has 0 aromatic heterocycles. The largest absolute Gasteiger partial charge is 0.399 e. The fraction of sp³-hybridized carbons (Fsp3) is 0.176. The van der Waals surface area contributed by atoms with Gasteiger partial charge in [0.15, 0.2) is 0 Å². The number of benzene rings is 2. The fourth-order valence-electron chi connectivity index (χ4n) is 2.14. The third-order valence-electron chi connectivity index (χ3n) is 3.26. The lowest BCUT2D eigenvalue weighted by Crippen LogP contribution is -2.21. The molecule has 0 saturated heterocycles. The highest BCUT2D eigenvalue weighted by molar-refractivity contribution is 6.03. The Hall–Kier alpha value is -2.82. The second-order valence-corrected chi connectivity index (χ2v) is 4.92. The Morgan fingerprint density at radius 2 is 1.86 bits per heavy atom. The maximum atomic E-state index is 12.1. The maximum Gasteiger partial charge on any atom is 0.253 e. The smallest absolute Gasteiger partial charge is 0.253 e. The van der Waals surface area contributed by atoms with Crippen molar-refractivity contribution in [3.05, 3.63) is 59.7 Å². The summed E-state index contributed by atoms with van der Waals surface area (Å²) >= 11 is 0. The molecule has 114 valence electrons. The summed E-state index contributed by atoms with van der Waals surface area (Å²) in [6.07, 6.45) is 0.921. The second kappa shape index (κ2) is 7.26. The van der Waals surface area contributed by atoms with Crippen LogP contribution in [0.4, 0.5) is 11.4 Å². The van der Waals surface area contributed by atoms with Gasteiger partial charge in [0.05, 0.1) is 11.3 Å². The minimum Gasteiger partial charge on any atom is -0.399 e. The Kier molecular flexibility index (Phi) is 5.14. The molecular weight excluding hydrogens is 278 g/mol. The predicted octanol–water partition coefficient (Wildman–Crippen LogP) is 2.20. The van der Waals surface area contributed by atoms with Crippen LogP contribution in [-0.4, -0.2) is 18.9 Å². The molecule has 2 aromatic rings. The zero-order valence-corrected chi connectivity index (χ0v) is 12.4. The molecule has 0 aliphatic carbocycles. The first-order valence-electron chi connectivity index (χ1n) is 7.05. The number of nitrogens with two attached hydrogens (primary N) is 1. The highest BCUT2D eigenvalue weighted by Gasteiger charge is 2.11. The summed E-state index contributed by atoms with van der Waals surface area (Å²) in [5.41, 5.74) is 8.36. The zero-order valence-electron chi connectivity index (χ0n) is 12.4. The highest BCUT2D eigenvalue weighted by atomic mass is 16.2. The summed E-state index contributed by atoms with van der Waals surface area (Å²) in [5, 5.41) is 5.33. The van der Waals surface area contributed by atoms with E-state index in [-0.39, 0.29) is 11.8 Å². The molecule has 0 bridgehead atoms. The molecule has 2 amide bonds. The van der Waals surface area contributed by atoms with Crippen molar-refractivity contribution in [1.29, 1.82) is 0 Å². The molecule has 2 aromatic carbocycles. The summed E-state index contributed by atoms with van der Waals surface area (Å²) in [6, 6.07) is 14.4. The van der Waals surface area contributed by atoms with Crippen molar-refractivity contribution in [2.45, 2.75) is 12.8 Å². The Bertz CT molecular complexity index is 683. The zero-order chi connectivity index (χ0) is 15.9. The van der Waals surface area contributed by atoms with Crippen molar-refractivity contribution in [2.24, 2.45) is 0 Å². The molecular formula is C17H19N3O2. The van der Waals surface area contributed by atoms with E-state index >= 15 is 0 Å². The van der Waals surface area contributed by atoms with Crippen LogP contribution in [0.15, 0.2) is 48.5 Å². The molecule has 0 atom stereocenters. The maximum absolute atomic E-state index is 12.1. The van der Waals surface area contributed by atoms with Crippen molar-refractivity contribution < 1.29 is 9.59 Å². The van der Waals surface area contributed by atoms with Crippen molar-refractivity contribution >= 4 is 23.2 Å². The van der Waals surface area contributed by atoms with Crippen LogP contribution < -0.4 is 16.4 Å². The minimum atomic E-state index is -0.230. The van der Waals surface area contributed by atoms with E-state index in [1.807, 2.05) is 24.3 Å². The van der Waals surface area contributed by atoms with Gasteiger partial charge >= 0.3 is 0 Å². The van der Waals surface area contributed by atoms with E-state index in [1.165, 1.54) is 0 Å². The first kappa shape index (κ1) is 15.6. The van der Waals surface area contributed by atoms with Gasteiger partial charge in [-0.3, -0.25) is 9.59 Å². The topological polar surface area (TPSA) is 84.2 Å². The summed E-state index contributed by atoms with van der Waals surface area (Å²) in [4.78, 5) is 23.8. The molecule has 0 saturated carbocycles. The van der Waals surface area contributed by atoms with Crippen LogP contribution in [0.25, 0.3) is 0 Å². The van der Waals surface area contributed by atoms with Crippen LogP contribution in [0, 0.1) is 0 Å². The van der Waals surface area contributed by atoms with E-state index in [2.05, 4.69) is 10.6 Å². The number of aryl methyl sites for hydroxylation is 1. The van der Waals surface area contributed by atoms with Crippen molar-refractivity contribution in [2.75, 3.05) is 18.1 Å². The van der Waals surface area contributed by atoms with Crippen LogP contribution >= 0.6 is 0 Å². The lowest BCUT2D eigenvalue weighted by Gasteiger charge is -2.10. The van der Waals surface area contributed by atoms with Crippen molar-refractivity contribution in [1.82, 2.24) is 5.32 Å². The molecule has 0 fully saturated rings. The molecule has 0 spiro atoms. The van der Waals surface area contributed by atoms with Crippen molar-refractivity contribution in [3.8, 4) is 0 Å². The van der Waals surface area contributed by atoms with Gasteiger partial charge in [-0.15, -0.1) is 0 Å². The van der Waals surface area contributed by atoms with Crippen LogP contribution in [0.3, 0.4) is 0 Å². The number of rotatable bonds is 5. The van der Waals surface area contributed by atoms with Crippen LogP contribution in [0.1, 0.15) is 22.3 Å². The quantitative estimate of drug-likeness (QED) is 0.740. The average molecular weight is 297 g/mol. The normalized spacial score (nSPS) is 10.0. The molecule has 0 aliphatic rings. The number of amides is 2. The first-order valence-corrected chi connectivity index (χ1v) is 7.05. The summed E-state index contributed by atoms with van der Waals surface area (Å²) in [6.45, 7) is 0. The second-order valence-electron chi connectivity index (χ2n) is 4.92. The van der Waals surface area contributed by atoms with Gasteiger partial charge in [-0.05, 0) is 36.2 Å². The van der Waals surface area contributed by atoms with E-state index in [1.54, 1.807) is 31.3 Å². The number of carbonyl (C=O) groups is 2. The average Bonchev–Trinajstić information content (AvgIpc) is 2.53. The van der Waals surface area contributed by atoms with Gasteiger partial charge in [0.25, 0.3) is 5.91 Å². The Labute approximate surface area is 129 Å². The van der Waals surface area contributed by atoms with Gasteiger partial charge in [0.2, 0.25) is 5.91 Å². The standard InChI is InChI=1S/C17H19N3O2/c1-19-17(22)14-7-2-3-8-15(14)20-16(21)10-9-12-5-4-6-13(18)11-12/h2-8,11H,9-10,18H2,1H3,(H,19,22)(H,20,21). The van der Waals surface area contributed by atoms with Gasteiger partial charge in [0, 0.05) is 19.2 Å². The number of nitrogens with one attached hydrogen (secondary N) is 2. The van der Waals surface area contributed by atoms with Gasteiger partial charge in [-0.2, -0.15) is 0 Å². The molecule has 0 unspecified atom stereocenters. The van der Waals surface area contributed by atoms with Gasteiger partial charge in [-0.1, -0.05) is 24.3 Å². The van der Waals surface area contributed by atoms with E-state index in [0.29, 0.717) is 29.8 Å². The van der Waals surface area contributed by atoms with E-state index in [4.69, 9.17) is 5.73 Å². The number of hydrogen-bond acceptors (Lipinski definition) is 3. The highest BCUT2D eigenvalue weighted by Crippen LogP contribution is 2.16. The molecule has 5 nitrogen and oxygen atoms in total. The third-order valence-corrected chi connectivity index (χ3v) is 3.26. The Morgan fingerprint density at radius 3 is 2.59 bits per heavy atom. The van der Waals surface area contributed by atoms with E-state index in [0.717, 1.165) is 5.56 Å². The first-order chi connectivity index (χ1) is 10.6. The Balaban J connectivity index is 1.99. The lowest BCUT2D eigenvalue weighted by molar-refractivity contribution is -0.116. The molecule has 5 heteroatoms. The van der Waals surface area contributed by atoms with Crippen LogP contribution in [0.2, 0.25) is 0 Å². The summed E-state index contributed by atoms with van der Waals surface area (Å²) in [7, 11) is 1.56. The minimum absolute atomic E-state index is 0.140. The summed E-state index contributed by atoms with van der Waals surface area (Å²) < 4.78 is 0. The number of anilines is 2. The molecule has 0 aliphatic heterocycles. The number of nitrogen functional groups attached to an aromatic ring is 1. The number of hydrogen-bond donors (Lipinski definition) is 3. The van der Waals surface area contributed by atoms with Gasteiger partial charge < -0.3 is 16.4 Å². The monoisotopic (exact) mass is 297 g/mol. The molecule has 22 heavy (non-hydrogen) atoms. The lowest BCUT2D eigenvalue weighted by atomic mass is 10.1. The SMILES string of the molecule is CNC(=O)c1ccccc1NC(=O)CCc1cccc(N)c1. The van der Waals surface area contributed by atoms with E-state index < -0.39 is 0 Å². The van der Waals surface area contributed by atoms with Crippen LogP contribution in [-0.2, 0) is 11.2 Å². The molecule has 0 radical (unpaired) electrons. The number of carbonyl (C=O) groups excluding carboxylic acids is 2. The van der Waals surface area contributed by atoms with Crippen LogP contribution in [0.5, 0.6) is 0 Å². The number of para-hydroxylation sites is 1. The molecule has 0 heterocycles. The third kappa shape index (κ3) is 4.09. The Morgan fingerprint density at radius 1 is 1.09 bits per heavy atom. The van der Waals surface area contributed by atoms with Gasteiger partial charge in [0.1, 0.15) is 0 Å². The summed E-state index contributed by atoms with van der Waals surface area (Å²) in [5.74, 6) is -0.370. The van der Waals surface area contributed by atoms with E-state index in [9.17, 15) is 9.59 Å². The fourth-order valence-corrected chi connectivity index (χ4v) is 2.14.